The van der Waals surface area contributed by atoms with Gasteiger partial charge in [0.15, 0.2) is 0 Å². The van der Waals surface area contributed by atoms with Gasteiger partial charge in [-0.25, -0.2) is 0 Å². The summed E-state index contributed by atoms with van der Waals surface area (Å²) in [5, 5.41) is 10.8. The molecule has 4 nitrogen and oxygen atoms in total. The highest BCUT2D eigenvalue weighted by molar-refractivity contribution is 6.34. The topological polar surface area (TPSA) is 64.7 Å². The van der Waals surface area contributed by atoms with Gasteiger partial charge in [-0.05, 0) is 36.4 Å². The Morgan fingerprint density at radius 2 is 1.67 bits per heavy atom. The smallest absolute Gasteiger partial charge is 0.139 e. The van der Waals surface area contributed by atoms with Gasteiger partial charge in [-0.1, -0.05) is 23.2 Å². The SMILES string of the molecule is Nc1ccc(OCC(O)COc2cc(Cl)ccc2Cl)cc1. The van der Waals surface area contributed by atoms with Crippen LogP contribution >= 0.6 is 23.2 Å². The molecule has 0 fully saturated rings. The minimum absolute atomic E-state index is 0.0506. The van der Waals surface area contributed by atoms with Crippen LogP contribution in [0.5, 0.6) is 11.5 Å². The molecule has 1 unspecified atom stereocenters. The van der Waals surface area contributed by atoms with Gasteiger partial charge in [-0.15, -0.1) is 0 Å². The fourth-order valence-electron chi connectivity index (χ4n) is 1.58. The van der Waals surface area contributed by atoms with Crippen molar-refractivity contribution in [1.29, 1.82) is 0 Å². The molecule has 21 heavy (non-hydrogen) atoms. The number of nitrogens with two attached hydrogens (primary N) is 1. The summed E-state index contributed by atoms with van der Waals surface area (Å²) in [6, 6.07) is 11.8. The highest BCUT2D eigenvalue weighted by Crippen LogP contribution is 2.27. The number of nitrogen functional groups attached to an aromatic ring is 1. The Hall–Kier alpha value is -1.62. The highest BCUT2D eigenvalue weighted by Gasteiger charge is 2.09. The summed E-state index contributed by atoms with van der Waals surface area (Å²) in [6.07, 6.45) is -0.794. The van der Waals surface area contributed by atoms with E-state index in [0.29, 0.717) is 27.2 Å². The maximum absolute atomic E-state index is 9.84. The van der Waals surface area contributed by atoms with Crippen molar-refractivity contribution < 1.29 is 14.6 Å². The molecule has 112 valence electrons. The molecule has 0 heterocycles. The third kappa shape index (κ3) is 5.01. The van der Waals surface area contributed by atoms with Gasteiger partial charge in [0.05, 0.1) is 5.02 Å². The van der Waals surface area contributed by atoms with Crippen LogP contribution in [0.25, 0.3) is 0 Å². The predicted molar refractivity (Wildman–Crippen MR) is 84.3 cm³/mol. The monoisotopic (exact) mass is 327 g/mol. The molecule has 0 amide bonds. The first-order valence-corrected chi connectivity index (χ1v) is 7.04. The minimum Gasteiger partial charge on any atom is -0.491 e. The van der Waals surface area contributed by atoms with Crippen molar-refractivity contribution in [2.24, 2.45) is 0 Å². The third-order valence-corrected chi connectivity index (χ3v) is 3.19. The van der Waals surface area contributed by atoms with Crippen molar-refractivity contribution >= 4 is 28.9 Å². The van der Waals surface area contributed by atoms with E-state index in [1.54, 1.807) is 42.5 Å². The number of anilines is 1. The lowest BCUT2D eigenvalue weighted by molar-refractivity contribution is 0.0627. The molecule has 6 heteroatoms. The van der Waals surface area contributed by atoms with Crippen LogP contribution < -0.4 is 15.2 Å². The van der Waals surface area contributed by atoms with E-state index in [-0.39, 0.29) is 13.2 Å². The van der Waals surface area contributed by atoms with Gasteiger partial charge in [-0.3, -0.25) is 0 Å². The number of aliphatic hydroxyl groups excluding tert-OH is 1. The van der Waals surface area contributed by atoms with Crippen molar-refractivity contribution in [2.45, 2.75) is 6.10 Å². The van der Waals surface area contributed by atoms with Crippen LogP contribution in [0.15, 0.2) is 42.5 Å². The number of halogens is 2. The Bertz CT molecular complexity index is 590. The Labute approximate surface area is 133 Å². The quantitative estimate of drug-likeness (QED) is 0.798. The van der Waals surface area contributed by atoms with Crippen molar-refractivity contribution in [1.82, 2.24) is 0 Å². The van der Waals surface area contributed by atoms with E-state index >= 15 is 0 Å². The fourth-order valence-corrected chi connectivity index (χ4v) is 1.91. The second-order valence-corrected chi connectivity index (χ2v) is 5.26. The molecule has 0 aliphatic heterocycles. The highest BCUT2D eigenvalue weighted by atomic mass is 35.5. The van der Waals surface area contributed by atoms with Crippen LogP contribution in [0.2, 0.25) is 10.0 Å². The first-order chi connectivity index (χ1) is 10.0. The molecule has 3 N–H and O–H groups in total. The van der Waals surface area contributed by atoms with Gasteiger partial charge in [0.1, 0.15) is 30.8 Å². The van der Waals surface area contributed by atoms with Gasteiger partial charge in [-0.2, -0.15) is 0 Å². The molecule has 2 aromatic carbocycles. The largest absolute Gasteiger partial charge is 0.491 e. The molecule has 0 bridgehead atoms. The fraction of sp³-hybridized carbons (Fsp3) is 0.200. The molecule has 0 aliphatic rings. The minimum atomic E-state index is -0.794. The maximum Gasteiger partial charge on any atom is 0.139 e. The van der Waals surface area contributed by atoms with Gasteiger partial charge in [0.2, 0.25) is 0 Å². The van der Waals surface area contributed by atoms with Gasteiger partial charge >= 0.3 is 0 Å². The number of ether oxygens (including phenoxy) is 2. The van der Waals surface area contributed by atoms with E-state index in [1.807, 2.05) is 0 Å². The predicted octanol–water partition coefficient (Wildman–Crippen LogP) is 3.39. The van der Waals surface area contributed by atoms with Crippen LogP contribution in [0, 0.1) is 0 Å². The Morgan fingerprint density at radius 1 is 1.00 bits per heavy atom. The number of hydrogen-bond donors (Lipinski definition) is 2. The standard InChI is InChI=1S/C15H15Cl2NO3/c16-10-1-6-14(17)15(7-10)21-9-12(19)8-20-13-4-2-11(18)3-5-13/h1-7,12,19H,8-9,18H2. The Balaban J connectivity index is 1.80. The molecule has 2 rings (SSSR count). The second-order valence-electron chi connectivity index (χ2n) is 4.42. The van der Waals surface area contributed by atoms with Crippen molar-refractivity contribution in [3.05, 3.63) is 52.5 Å². The summed E-state index contributed by atoms with van der Waals surface area (Å²) in [7, 11) is 0. The second kappa shape index (κ2) is 7.41. The molecule has 2 aromatic rings. The molecule has 0 saturated carbocycles. The normalized spacial score (nSPS) is 12.0. The van der Waals surface area contributed by atoms with E-state index in [9.17, 15) is 5.11 Å². The summed E-state index contributed by atoms with van der Waals surface area (Å²) in [4.78, 5) is 0. The lowest BCUT2D eigenvalue weighted by Crippen LogP contribution is -2.25. The molecule has 0 spiro atoms. The first kappa shape index (κ1) is 15.8. The van der Waals surface area contributed by atoms with Crippen molar-refractivity contribution in [2.75, 3.05) is 18.9 Å². The molecule has 0 radical (unpaired) electrons. The Morgan fingerprint density at radius 3 is 2.38 bits per heavy atom. The van der Waals surface area contributed by atoms with Crippen LogP contribution in [-0.2, 0) is 0 Å². The zero-order chi connectivity index (χ0) is 15.2. The summed E-state index contributed by atoms with van der Waals surface area (Å²) in [5.41, 5.74) is 6.23. The summed E-state index contributed by atoms with van der Waals surface area (Å²) < 4.78 is 10.8. The molecular weight excluding hydrogens is 313 g/mol. The zero-order valence-electron chi connectivity index (χ0n) is 11.1. The number of rotatable bonds is 6. The van der Waals surface area contributed by atoms with E-state index < -0.39 is 6.10 Å². The zero-order valence-corrected chi connectivity index (χ0v) is 12.6. The van der Waals surface area contributed by atoms with Crippen LogP contribution in [0.4, 0.5) is 5.69 Å². The van der Waals surface area contributed by atoms with Crippen molar-refractivity contribution in [3.8, 4) is 11.5 Å². The van der Waals surface area contributed by atoms with Crippen LogP contribution in [0.3, 0.4) is 0 Å². The van der Waals surface area contributed by atoms with Crippen LogP contribution in [0.1, 0.15) is 0 Å². The Kier molecular flexibility index (Phi) is 5.56. The number of hydrogen-bond acceptors (Lipinski definition) is 4. The van der Waals surface area contributed by atoms with Gasteiger partial charge in [0.25, 0.3) is 0 Å². The molecule has 0 aromatic heterocycles. The first-order valence-electron chi connectivity index (χ1n) is 6.29. The molecule has 1 atom stereocenters. The van der Waals surface area contributed by atoms with E-state index in [2.05, 4.69) is 0 Å². The summed E-state index contributed by atoms with van der Waals surface area (Å²) in [6.45, 7) is 0.150. The third-order valence-electron chi connectivity index (χ3n) is 2.65. The summed E-state index contributed by atoms with van der Waals surface area (Å²) >= 11 is 11.8. The molecule has 0 aliphatic carbocycles. The lowest BCUT2D eigenvalue weighted by Gasteiger charge is -2.14. The maximum atomic E-state index is 9.84. The number of benzene rings is 2. The number of aliphatic hydroxyl groups is 1. The molecular formula is C15H15Cl2NO3. The lowest BCUT2D eigenvalue weighted by atomic mass is 10.3. The van der Waals surface area contributed by atoms with Crippen LogP contribution in [-0.4, -0.2) is 24.4 Å². The van der Waals surface area contributed by atoms with Gasteiger partial charge < -0.3 is 20.3 Å². The van der Waals surface area contributed by atoms with E-state index in [0.717, 1.165) is 0 Å². The average Bonchev–Trinajstić information content (AvgIpc) is 2.47. The average molecular weight is 328 g/mol. The van der Waals surface area contributed by atoms with E-state index in [4.69, 9.17) is 38.4 Å². The van der Waals surface area contributed by atoms with E-state index in [1.165, 1.54) is 0 Å². The molecule has 0 saturated heterocycles. The summed E-state index contributed by atoms with van der Waals surface area (Å²) in [5.74, 6) is 1.06. The van der Waals surface area contributed by atoms with Gasteiger partial charge in [0, 0.05) is 16.8 Å². The van der Waals surface area contributed by atoms with Crippen molar-refractivity contribution in [3.63, 3.8) is 0 Å².